The Balaban J connectivity index is 4.13. The number of likely N-dealkylation sites (N-methyl/N-ethyl adjacent to an activating group) is 1. The molecule has 0 rings (SSSR count). The molecule has 0 aliphatic rings. The van der Waals surface area contributed by atoms with Gasteiger partial charge in [0.25, 0.3) is 7.82 Å². The zero-order valence-electron chi connectivity index (χ0n) is 48.4. The maximum atomic E-state index is 12.8. The van der Waals surface area contributed by atoms with Gasteiger partial charge in [-0.05, 0) is 109 Å². The third-order valence-corrected chi connectivity index (χ3v) is 13.2. The van der Waals surface area contributed by atoms with Gasteiger partial charge in [-0.2, -0.15) is 0 Å². The van der Waals surface area contributed by atoms with Crippen LogP contribution in [0.3, 0.4) is 0 Å². The Morgan fingerprint density at radius 2 is 0.760 bits per heavy atom. The molecule has 2 unspecified atom stereocenters. The fourth-order valence-corrected chi connectivity index (χ4v) is 8.37. The lowest BCUT2D eigenvalue weighted by Gasteiger charge is -2.28. The van der Waals surface area contributed by atoms with E-state index >= 15 is 0 Å². The molecular weight excluding hydrogens is 954 g/mol. The quantitative estimate of drug-likeness (QED) is 0.0195. The summed E-state index contributed by atoms with van der Waals surface area (Å²) in [6.45, 7) is 4.08. The van der Waals surface area contributed by atoms with E-state index in [1.165, 1.54) is 70.6 Å². The summed E-state index contributed by atoms with van der Waals surface area (Å²) in [6.07, 6.45) is 78.2. The normalized spacial score (nSPS) is 14.2. The molecule has 0 aliphatic carbocycles. The highest BCUT2D eigenvalue weighted by Gasteiger charge is 2.21. The van der Waals surface area contributed by atoms with Crippen molar-refractivity contribution in [2.24, 2.45) is 0 Å². The van der Waals surface area contributed by atoms with Gasteiger partial charge in [0.05, 0.1) is 27.7 Å². The second kappa shape index (κ2) is 55.2. The molecule has 0 bridgehead atoms. The second-order valence-corrected chi connectivity index (χ2v) is 22.0. The highest BCUT2D eigenvalue weighted by molar-refractivity contribution is 7.45. The van der Waals surface area contributed by atoms with Crippen molar-refractivity contribution < 1.29 is 42.1 Å². The number of allylic oxidation sites excluding steroid dienone is 20. The minimum atomic E-state index is -4.64. The molecule has 0 N–H and O–H groups in total. The Kier molecular flexibility index (Phi) is 52.5. The topological polar surface area (TPSA) is 111 Å². The molecule has 0 spiro atoms. The van der Waals surface area contributed by atoms with Crippen LogP contribution in [0.4, 0.5) is 0 Å². The summed E-state index contributed by atoms with van der Waals surface area (Å²) >= 11 is 0. The molecule has 9 nitrogen and oxygen atoms in total. The van der Waals surface area contributed by atoms with E-state index in [9.17, 15) is 19.0 Å². The van der Waals surface area contributed by atoms with Gasteiger partial charge in [-0.15, -0.1) is 0 Å². The Labute approximate surface area is 460 Å². The van der Waals surface area contributed by atoms with Crippen LogP contribution in [0.25, 0.3) is 0 Å². The Bertz CT molecular complexity index is 1680. The fourth-order valence-electron chi connectivity index (χ4n) is 7.64. The summed E-state index contributed by atoms with van der Waals surface area (Å²) in [6, 6.07) is 0. The molecule has 0 saturated heterocycles. The van der Waals surface area contributed by atoms with E-state index in [-0.39, 0.29) is 26.1 Å². The summed E-state index contributed by atoms with van der Waals surface area (Å²) in [5, 5.41) is 0. The van der Waals surface area contributed by atoms with E-state index in [4.69, 9.17) is 18.5 Å². The summed E-state index contributed by atoms with van der Waals surface area (Å²) in [4.78, 5) is 37.8. The smallest absolute Gasteiger partial charge is 0.306 e. The van der Waals surface area contributed by atoms with Crippen LogP contribution in [0.5, 0.6) is 0 Å². The SMILES string of the molecule is CC/C=C\C/C=C\C/C=C\C/C=C\C/C=C\C/C=C\C/C=C\C/C=C\C/C=C\CCCCCCCCCCCC(=O)OC(COC(=O)CCCCCCC/C=C\CCCCCCC)COP(=O)([O-])OCC[N+](C)(C)C. The van der Waals surface area contributed by atoms with E-state index in [0.717, 1.165) is 116 Å². The number of hydrogen-bond donors (Lipinski definition) is 0. The third-order valence-electron chi connectivity index (χ3n) is 12.2. The van der Waals surface area contributed by atoms with E-state index in [0.29, 0.717) is 23.9 Å². The maximum Gasteiger partial charge on any atom is 0.306 e. The number of quaternary nitrogens is 1. The summed E-state index contributed by atoms with van der Waals surface area (Å²) < 4.78 is 34.1. The van der Waals surface area contributed by atoms with Crippen molar-refractivity contribution in [2.75, 3.05) is 47.5 Å². The summed E-state index contributed by atoms with van der Waals surface area (Å²) in [7, 11) is 1.14. The van der Waals surface area contributed by atoms with E-state index in [2.05, 4.69) is 135 Å². The van der Waals surface area contributed by atoms with Gasteiger partial charge >= 0.3 is 11.9 Å². The van der Waals surface area contributed by atoms with Crippen LogP contribution in [-0.4, -0.2) is 70.0 Å². The monoisotopic (exact) mass is 1060 g/mol. The minimum absolute atomic E-state index is 0.0387. The first-order chi connectivity index (χ1) is 36.5. The first kappa shape index (κ1) is 71.4. The zero-order chi connectivity index (χ0) is 54.9. The standard InChI is InChI=1S/C65H110NO8P/c1-6-8-10-12-14-16-18-20-22-23-24-25-26-27-28-29-30-31-32-33-34-35-36-37-38-39-40-41-42-43-44-46-48-50-52-54-56-58-65(68)74-63(62-73-75(69,70)72-60-59-66(3,4)5)61-71-64(67)57-55-53-51-49-47-45-21-19-17-15-13-11-9-7-2/h8,10,14,16,19-22,24-25,27-28,30-31,33-34,36-37,39-40,63H,6-7,9,11-13,15,17-18,23,26,29,32,35,38,41-62H2,1-5H3/b10-8-,16-14-,21-19-,22-20-,25-24-,28-27-,31-30-,34-33-,37-36-,40-39-. The Morgan fingerprint density at radius 3 is 1.15 bits per heavy atom. The van der Waals surface area contributed by atoms with Gasteiger partial charge in [0.15, 0.2) is 6.10 Å². The predicted octanol–water partition coefficient (Wildman–Crippen LogP) is 18.1. The molecule has 0 radical (unpaired) electrons. The number of esters is 2. The van der Waals surface area contributed by atoms with Crippen LogP contribution in [0.15, 0.2) is 122 Å². The van der Waals surface area contributed by atoms with Crippen LogP contribution < -0.4 is 4.89 Å². The largest absolute Gasteiger partial charge is 0.756 e. The summed E-state index contributed by atoms with van der Waals surface area (Å²) in [5.41, 5.74) is 0. The average Bonchev–Trinajstić information content (AvgIpc) is 3.37. The lowest BCUT2D eigenvalue weighted by atomic mass is 10.1. The maximum absolute atomic E-state index is 12.8. The molecule has 0 aromatic heterocycles. The van der Waals surface area contributed by atoms with Crippen molar-refractivity contribution in [1.82, 2.24) is 0 Å². The van der Waals surface area contributed by atoms with Gasteiger partial charge < -0.3 is 27.9 Å². The van der Waals surface area contributed by atoms with Crippen LogP contribution in [0.2, 0.25) is 0 Å². The number of unbranched alkanes of at least 4 members (excludes halogenated alkanes) is 19. The van der Waals surface area contributed by atoms with Crippen molar-refractivity contribution >= 4 is 19.8 Å². The molecule has 0 aliphatic heterocycles. The van der Waals surface area contributed by atoms with E-state index in [1.807, 2.05) is 21.1 Å². The molecule has 0 fully saturated rings. The molecule has 75 heavy (non-hydrogen) atoms. The van der Waals surface area contributed by atoms with Gasteiger partial charge in [0.2, 0.25) is 0 Å². The molecule has 10 heteroatoms. The number of nitrogens with zero attached hydrogens (tertiary/aromatic N) is 1. The fraction of sp³-hybridized carbons (Fsp3) is 0.662. The Morgan fingerprint density at radius 1 is 0.427 bits per heavy atom. The van der Waals surface area contributed by atoms with Gasteiger partial charge in [-0.3, -0.25) is 14.2 Å². The minimum Gasteiger partial charge on any atom is -0.756 e. The number of rotatable bonds is 53. The lowest BCUT2D eigenvalue weighted by Crippen LogP contribution is -2.37. The highest BCUT2D eigenvalue weighted by atomic mass is 31.2. The number of phosphoric ester groups is 1. The van der Waals surface area contributed by atoms with Gasteiger partial charge in [-0.25, -0.2) is 0 Å². The third kappa shape index (κ3) is 59.5. The van der Waals surface area contributed by atoms with Crippen molar-refractivity contribution in [3.05, 3.63) is 122 Å². The average molecular weight is 1060 g/mol. The lowest BCUT2D eigenvalue weighted by molar-refractivity contribution is -0.870. The number of carbonyl (C=O) groups is 2. The van der Waals surface area contributed by atoms with Gasteiger partial charge in [0.1, 0.15) is 19.8 Å². The van der Waals surface area contributed by atoms with Crippen LogP contribution in [0.1, 0.15) is 226 Å². The molecule has 428 valence electrons. The molecule has 0 aromatic rings. The molecular formula is C65H110NO8P. The van der Waals surface area contributed by atoms with Crippen LogP contribution in [0, 0.1) is 0 Å². The van der Waals surface area contributed by atoms with E-state index in [1.54, 1.807) is 0 Å². The van der Waals surface area contributed by atoms with Crippen molar-refractivity contribution in [3.63, 3.8) is 0 Å². The van der Waals surface area contributed by atoms with Crippen molar-refractivity contribution in [2.45, 2.75) is 232 Å². The molecule has 0 saturated carbocycles. The molecule has 0 aromatic carbocycles. The summed E-state index contributed by atoms with van der Waals surface area (Å²) in [5.74, 6) is -0.856. The predicted molar refractivity (Wildman–Crippen MR) is 318 cm³/mol. The highest BCUT2D eigenvalue weighted by Crippen LogP contribution is 2.38. The molecule has 0 heterocycles. The van der Waals surface area contributed by atoms with Gasteiger partial charge in [0, 0.05) is 12.8 Å². The van der Waals surface area contributed by atoms with Crippen LogP contribution in [-0.2, 0) is 32.7 Å². The number of hydrogen-bond acceptors (Lipinski definition) is 8. The van der Waals surface area contributed by atoms with Crippen molar-refractivity contribution in [1.29, 1.82) is 0 Å². The van der Waals surface area contributed by atoms with Crippen LogP contribution >= 0.6 is 7.82 Å². The number of carbonyl (C=O) groups excluding carboxylic acids is 2. The number of ether oxygens (including phenoxy) is 2. The molecule has 0 amide bonds. The first-order valence-electron chi connectivity index (χ1n) is 29.7. The first-order valence-corrected chi connectivity index (χ1v) is 31.2. The van der Waals surface area contributed by atoms with Gasteiger partial charge in [-0.1, -0.05) is 225 Å². The zero-order valence-corrected chi connectivity index (χ0v) is 49.3. The van der Waals surface area contributed by atoms with E-state index < -0.39 is 32.5 Å². The second-order valence-electron chi connectivity index (χ2n) is 20.6. The Hall–Kier alpha value is -3.59. The molecule has 2 atom stereocenters. The van der Waals surface area contributed by atoms with Crippen molar-refractivity contribution in [3.8, 4) is 0 Å². The number of phosphoric acid groups is 1.